The van der Waals surface area contributed by atoms with Gasteiger partial charge in [0.05, 0.1) is 6.33 Å². The normalized spacial score (nSPS) is 11.4. The Hall–Kier alpha value is -2.14. The molecule has 0 radical (unpaired) electrons. The van der Waals surface area contributed by atoms with Crippen molar-refractivity contribution < 1.29 is 4.74 Å². The molecule has 0 fully saturated rings. The van der Waals surface area contributed by atoms with Gasteiger partial charge in [0.15, 0.2) is 0 Å². The third-order valence-electron chi connectivity index (χ3n) is 3.23. The van der Waals surface area contributed by atoms with Gasteiger partial charge in [0.1, 0.15) is 11.0 Å². The van der Waals surface area contributed by atoms with E-state index in [2.05, 4.69) is 9.97 Å². The molecule has 19 heavy (non-hydrogen) atoms. The van der Waals surface area contributed by atoms with Gasteiger partial charge in [0, 0.05) is 31.2 Å². The predicted octanol–water partition coefficient (Wildman–Crippen LogP) is 1.91. The molecular weight excluding hydrogens is 242 g/mol. The molecule has 0 atom stereocenters. The zero-order chi connectivity index (χ0) is 13.2. The Morgan fingerprint density at radius 2 is 2.21 bits per heavy atom. The van der Waals surface area contributed by atoms with Gasteiger partial charge >= 0.3 is 0 Å². The largest absolute Gasteiger partial charge is 0.385 e. The number of hydrogen-bond acceptors (Lipinski definition) is 3. The van der Waals surface area contributed by atoms with E-state index in [0.29, 0.717) is 18.7 Å². The van der Waals surface area contributed by atoms with Crippen molar-refractivity contribution in [3.8, 4) is 0 Å². The highest BCUT2D eigenvalue weighted by Gasteiger charge is 2.09. The molecule has 0 bridgehead atoms. The average molecular weight is 257 g/mol. The maximum absolute atomic E-state index is 12.3. The van der Waals surface area contributed by atoms with Crippen LogP contribution in [0.2, 0.25) is 0 Å². The van der Waals surface area contributed by atoms with Crippen LogP contribution in [0.1, 0.15) is 6.42 Å². The number of aryl methyl sites for hydroxylation is 1. The van der Waals surface area contributed by atoms with Crippen molar-refractivity contribution in [2.24, 2.45) is 0 Å². The molecule has 3 aromatic rings. The summed E-state index contributed by atoms with van der Waals surface area (Å²) in [5.74, 6) is 0. The van der Waals surface area contributed by atoms with Crippen molar-refractivity contribution in [2.45, 2.75) is 13.0 Å². The van der Waals surface area contributed by atoms with Gasteiger partial charge in [-0.05, 0) is 12.5 Å². The Labute approximate surface area is 109 Å². The topological polar surface area (TPSA) is 59.9 Å². The van der Waals surface area contributed by atoms with Gasteiger partial charge < -0.3 is 9.72 Å². The summed E-state index contributed by atoms with van der Waals surface area (Å²) < 4.78 is 6.62. The molecular formula is C14H15N3O2. The smallest absolute Gasteiger partial charge is 0.277 e. The molecule has 2 heterocycles. The van der Waals surface area contributed by atoms with E-state index < -0.39 is 0 Å². The Balaban J connectivity index is 2.11. The van der Waals surface area contributed by atoms with Gasteiger partial charge in [-0.1, -0.05) is 18.2 Å². The first-order valence-corrected chi connectivity index (χ1v) is 6.26. The number of H-pyrrole nitrogens is 1. The number of nitrogens with zero attached hydrogens (tertiary/aromatic N) is 2. The van der Waals surface area contributed by atoms with Gasteiger partial charge in [-0.25, -0.2) is 4.98 Å². The monoisotopic (exact) mass is 257 g/mol. The molecule has 0 aliphatic rings. The van der Waals surface area contributed by atoms with Gasteiger partial charge in [0.2, 0.25) is 0 Å². The molecule has 1 aromatic carbocycles. The standard InChI is InChI=1S/C14H15N3O2/c1-19-8-4-7-17-9-15-12-10-5-2-3-6-11(10)16-13(12)14(17)18/h2-3,5-6,9,16H,4,7-8H2,1H3. The maximum Gasteiger partial charge on any atom is 0.277 e. The number of nitrogens with one attached hydrogen (secondary N) is 1. The van der Waals surface area contributed by atoms with Crippen LogP contribution in [0.3, 0.4) is 0 Å². The van der Waals surface area contributed by atoms with E-state index in [-0.39, 0.29) is 5.56 Å². The van der Waals surface area contributed by atoms with Crippen molar-refractivity contribution in [1.82, 2.24) is 14.5 Å². The number of aromatic amines is 1. The third kappa shape index (κ3) is 2.02. The number of fused-ring (bicyclic) bond motifs is 3. The van der Waals surface area contributed by atoms with Crippen LogP contribution in [0, 0.1) is 0 Å². The SMILES string of the molecule is COCCCn1cnc2c([nH]c3ccccc32)c1=O. The summed E-state index contributed by atoms with van der Waals surface area (Å²) in [6.07, 6.45) is 2.41. The van der Waals surface area contributed by atoms with Crippen LogP contribution in [0.5, 0.6) is 0 Å². The molecule has 2 aromatic heterocycles. The molecule has 98 valence electrons. The molecule has 5 heteroatoms. The Bertz CT molecular complexity index is 773. The van der Waals surface area contributed by atoms with Crippen molar-refractivity contribution >= 4 is 21.9 Å². The van der Waals surface area contributed by atoms with Crippen LogP contribution in [0.4, 0.5) is 0 Å². The minimum atomic E-state index is -0.0303. The highest BCUT2D eigenvalue weighted by Crippen LogP contribution is 2.20. The summed E-state index contributed by atoms with van der Waals surface area (Å²) in [7, 11) is 1.65. The molecule has 1 N–H and O–H groups in total. The second kappa shape index (κ2) is 4.85. The van der Waals surface area contributed by atoms with Crippen molar-refractivity contribution in [3.63, 3.8) is 0 Å². The maximum atomic E-state index is 12.3. The van der Waals surface area contributed by atoms with Gasteiger partial charge in [-0.15, -0.1) is 0 Å². The average Bonchev–Trinajstić information content (AvgIpc) is 2.81. The Morgan fingerprint density at radius 1 is 1.37 bits per heavy atom. The summed E-state index contributed by atoms with van der Waals surface area (Å²) >= 11 is 0. The summed E-state index contributed by atoms with van der Waals surface area (Å²) in [5.41, 5.74) is 2.22. The summed E-state index contributed by atoms with van der Waals surface area (Å²) in [4.78, 5) is 19.9. The Kier molecular flexibility index (Phi) is 3.05. The first-order valence-electron chi connectivity index (χ1n) is 6.26. The Morgan fingerprint density at radius 3 is 3.05 bits per heavy atom. The second-order valence-corrected chi connectivity index (χ2v) is 4.48. The number of ether oxygens (including phenoxy) is 1. The van der Waals surface area contributed by atoms with Gasteiger partial charge in [-0.2, -0.15) is 0 Å². The van der Waals surface area contributed by atoms with E-state index in [1.54, 1.807) is 18.0 Å². The van der Waals surface area contributed by atoms with E-state index in [0.717, 1.165) is 22.8 Å². The number of para-hydroxylation sites is 1. The quantitative estimate of drug-likeness (QED) is 0.726. The molecule has 0 amide bonds. The number of rotatable bonds is 4. The molecule has 3 rings (SSSR count). The summed E-state index contributed by atoms with van der Waals surface area (Å²) in [5, 5.41) is 0.985. The molecule has 0 saturated carbocycles. The van der Waals surface area contributed by atoms with Crippen molar-refractivity contribution in [1.29, 1.82) is 0 Å². The number of methoxy groups -OCH3 is 1. The number of hydrogen-bond donors (Lipinski definition) is 1. The van der Waals surface area contributed by atoms with E-state index in [4.69, 9.17) is 4.74 Å². The number of aromatic nitrogens is 3. The first kappa shape index (κ1) is 11.9. The molecule has 0 unspecified atom stereocenters. The number of benzene rings is 1. The van der Waals surface area contributed by atoms with Crippen LogP contribution < -0.4 is 5.56 Å². The fraction of sp³-hybridized carbons (Fsp3) is 0.286. The van der Waals surface area contributed by atoms with Crippen molar-refractivity contribution in [2.75, 3.05) is 13.7 Å². The third-order valence-corrected chi connectivity index (χ3v) is 3.23. The van der Waals surface area contributed by atoms with Gasteiger partial charge in [0.25, 0.3) is 5.56 Å². The van der Waals surface area contributed by atoms with E-state index in [9.17, 15) is 4.79 Å². The van der Waals surface area contributed by atoms with Crippen molar-refractivity contribution in [3.05, 3.63) is 40.9 Å². The lowest BCUT2D eigenvalue weighted by Crippen LogP contribution is -2.21. The zero-order valence-electron chi connectivity index (χ0n) is 10.7. The van der Waals surface area contributed by atoms with Crippen LogP contribution in [0.15, 0.2) is 35.4 Å². The summed E-state index contributed by atoms with van der Waals surface area (Å²) in [6.45, 7) is 1.25. The lowest BCUT2D eigenvalue weighted by atomic mass is 10.2. The minimum Gasteiger partial charge on any atom is -0.385 e. The molecule has 0 aliphatic carbocycles. The highest BCUT2D eigenvalue weighted by molar-refractivity contribution is 6.04. The molecule has 0 aliphatic heterocycles. The van der Waals surface area contributed by atoms with Crippen LogP contribution >= 0.6 is 0 Å². The summed E-state index contributed by atoms with van der Waals surface area (Å²) in [6, 6.07) is 7.80. The molecule has 5 nitrogen and oxygen atoms in total. The van der Waals surface area contributed by atoms with Crippen LogP contribution in [0.25, 0.3) is 21.9 Å². The minimum absolute atomic E-state index is 0.0303. The fourth-order valence-corrected chi connectivity index (χ4v) is 2.28. The highest BCUT2D eigenvalue weighted by atomic mass is 16.5. The van der Waals surface area contributed by atoms with E-state index in [1.807, 2.05) is 24.3 Å². The molecule has 0 saturated heterocycles. The molecule has 0 spiro atoms. The van der Waals surface area contributed by atoms with Crippen LogP contribution in [-0.2, 0) is 11.3 Å². The lowest BCUT2D eigenvalue weighted by molar-refractivity contribution is 0.190. The lowest BCUT2D eigenvalue weighted by Gasteiger charge is -2.04. The van der Waals surface area contributed by atoms with Crippen LogP contribution in [-0.4, -0.2) is 28.3 Å². The fourth-order valence-electron chi connectivity index (χ4n) is 2.28. The second-order valence-electron chi connectivity index (χ2n) is 4.48. The van der Waals surface area contributed by atoms with E-state index in [1.165, 1.54) is 0 Å². The van der Waals surface area contributed by atoms with E-state index >= 15 is 0 Å². The zero-order valence-corrected chi connectivity index (χ0v) is 10.7. The predicted molar refractivity (Wildman–Crippen MR) is 74.4 cm³/mol. The van der Waals surface area contributed by atoms with Gasteiger partial charge in [-0.3, -0.25) is 9.36 Å². The first-order chi connectivity index (χ1) is 9.31.